The molecule has 92 valence electrons. The number of alkyl halides is 2. The number of carboxylic acid groups (broad SMARTS) is 1. The Morgan fingerprint density at radius 1 is 1.35 bits per heavy atom. The van der Waals surface area contributed by atoms with E-state index < -0.39 is 12.6 Å². The molecule has 0 aliphatic rings. The van der Waals surface area contributed by atoms with Gasteiger partial charge in [0.15, 0.2) is 0 Å². The van der Waals surface area contributed by atoms with Crippen molar-refractivity contribution >= 4 is 43.9 Å². The average Bonchev–Trinajstić information content (AvgIpc) is 2.20. The maximum absolute atomic E-state index is 12.0. The normalized spacial score (nSPS) is 11.1. The minimum absolute atomic E-state index is 0.0284. The predicted molar refractivity (Wildman–Crippen MR) is 65.1 cm³/mol. The van der Waals surface area contributed by atoms with Crippen LogP contribution < -0.4 is 4.74 Å². The highest BCUT2D eigenvalue weighted by Crippen LogP contribution is 2.33. The summed E-state index contributed by atoms with van der Waals surface area (Å²) in [7, 11) is 0. The number of carboxylic acids is 1. The largest absolute Gasteiger partial charge is 0.478 e. The van der Waals surface area contributed by atoms with Gasteiger partial charge in [-0.1, -0.05) is 15.9 Å². The van der Waals surface area contributed by atoms with E-state index in [1.165, 1.54) is 18.2 Å². The molecule has 1 rings (SSSR count). The van der Waals surface area contributed by atoms with Crippen molar-refractivity contribution in [2.24, 2.45) is 0 Å². The monoisotopic (exact) mass is 370 g/mol. The number of aliphatic carboxylic acids is 1. The second kappa shape index (κ2) is 6.11. The lowest BCUT2D eigenvalue weighted by atomic mass is 10.2. The van der Waals surface area contributed by atoms with Gasteiger partial charge in [0.05, 0.1) is 4.47 Å². The number of carbonyl (C=O) groups is 1. The van der Waals surface area contributed by atoms with E-state index >= 15 is 0 Å². The van der Waals surface area contributed by atoms with Gasteiger partial charge in [-0.15, -0.1) is 0 Å². The fourth-order valence-corrected chi connectivity index (χ4v) is 1.93. The third kappa shape index (κ3) is 4.43. The van der Waals surface area contributed by atoms with E-state index in [-0.39, 0.29) is 5.75 Å². The van der Waals surface area contributed by atoms with Crippen LogP contribution in [0.4, 0.5) is 8.78 Å². The van der Waals surface area contributed by atoms with Crippen LogP contribution in [0.5, 0.6) is 5.75 Å². The van der Waals surface area contributed by atoms with Crippen LogP contribution >= 0.6 is 31.9 Å². The fourth-order valence-electron chi connectivity index (χ4n) is 1.02. The summed E-state index contributed by atoms with van der Waals surface area (Å²) in [5.41, 5.74) is 0.529. The van der Waals surface area contributed by atoms with E-state index in [9.17, 15) is 13.6 Å². The Bertz CT molecular complexity index is 461. The molecule has 0 spiro atoms. The Morgan fingerprint density at radius 3 is 2.53 bits per heavy atom. The Kier molecular flexibility index (Phi) is 5.07. The van der Waals surface area contributed by atoms with E-state index in [4.69, 9.17) is 5.11 Å². The van der Waals surface area contributed by atoms with Crippen molar-refractivity contribution in [1.29, 1.82) is 0 Å². The molecule has 0 aliphatic heterocycles. The Hall–Kier alpha value is -0.950. The van der Waals surface area contributed by atoms with Crippen molar-refractivity contribution in [3.63, 3.8) is 0 Å². The van der Waals surface area contributed by atoms with Gasteiger partial charge in [0, 0.05) is 10.5 Å². The van der Waals surface area contributed by atoms with Gasteiger partial charge < -0.3 is 9.84 Å². The highest BCUT2D eigenvalue weighted by atomic mass is 79.9. The molecule has 0 radical (unpaired) electrons. The lowest BCUT2D eigenvalue weighted by molar-refractivity contribution is -0.131. The average molecular weight is 372 g/mol. The lowest BCUT2D eigenvalue weighted by Crippen LogP contribution is -2.02. The summed E-state index contributed by atoms with van der Waals surface area (Å²) >= 11 is 6.19. The van der Waals surface area contributed by atoms with E-state index in [1.54, 1.807) is 0 Å². The van der Waals surface area contributed by atoms with Crippen LogP contribution in [-0.4, -0.2) is 17.7 Å². The molecule has 0 aromatic heterocycles. The van der Waals surface area contributed by atoms with Crippen LogP contribution in [0.15, 0.2) is 27.2 Å². The van der Waals surface area contributed by atoms with Crippen molar-refractivity contribution in [2.75, 3.05) is 0 Å². The van der Waals surface area contributed by atoms with Gasteiger partial charge >= 0.3 is 12.6 Å². The SMILES string of the molecule is O=C(O)/C=C/c1cc(Br)c(OC(F)F)cc1Br. The number of ether oxygens (including phenoxy) is 1. The molecule has 0 amide bonds. The molecule has 1 aromatic carbocycles. The van der Waals surface area contributed by atoms with Gasteiger partial charge in [0.25, 0.3) is 0 Å². The number of hydrogen-bond donors (Lipinski definition) is 1. The summed E-state index contributed by atoms with van der Waals surface area (Å²) in [5.74, 6) is -1.12. The topological polar surface area (TPSA) is 46.5 Å². The van der Waals surface area contributed by atoms with E-state index in [0.717, 1.165) is 6.08 Å². The minimum Gasteiger partial charge on any atom is -0.478 e. The minimum atomic E-state index is -2.92. The molecule has 0 heterocycles. The van der Waals surface area contributed by atoms with E-state index in [0.29, 0.717) is 14.5 Å². The van der Waals surface area contributed by atoms with E-state index in [2.05, 4.69) is 36.6 Å². The first-order valence-electron chi connectivity index (χ1n) is 4.25. The molecule has 3 nitrogen and oxygen atoms in total. The van der Waals surface area contributed by atoms with Gasteiger partial charge in [-0.25, -0.2) is 4.79 Å². The van der Waals surface area contributed by atoms with Crippen molar-refractivity contribution in [1.82, 2.24) is 0 Å². The highest BCUT2D eigenvalue weighted by molar-refractivity contribution is 9.11. The van der Waals surface area contributed by atoms with Crippen LogP contribution in [0, 0.1) is 0 Å². The summed E-state index contributed by atoms with van der Waals surface area (Å²) in [6, 6.07) is 2.80. The molecule has 1 N–H and O–H groups in total. The van der Waals surface area contributed by atoms with Crippen molar-refractivity contribution in [2.45, 2.75) is 6.61 Å². The molecule has 0 saturated carbocycles. The smallest absolute Gasteiger partial charge is 0.387 e. The fraction of sp³-hybridized carbons (Fsp3) is 0.100. The second-order valence-electron chi connectivity index (χ2n) is 2.85. The van der Waals surface area contributed by atoms with Crippen LogP contribution in [-0.2, 0) is 4.79 Å². The summed E-state index contributed by atoms with van der Waals surface area (Å²) in [6.07, 6.45) is 2.28. The number of rotatable bonds is 4. The number of benzene rings is 1. The predicted octanol–water partition coefficient (Wildman–Crippen LogP) is 3.91. The molecule has 0 bridgehead atoms. The van der Waals surface area contributed by atoms with Crippen LogP contribution in [0.1, 0.15) is 5.56 Å². The van der Waals surface area contributed by atoms with E-state index in [1.807, 2.05) is 0 Å². The van der Waals surface area contributed by atoms with Gasteiger partial charge in [-0.2, -0.15) is 8.78 Å². The molecule has 0 atom stereocenters. The Balaban J connectivity index is 3.05. The first kappa shape index (κ1) is 14.1. The first-order valence-corrected chi connectivity index (χ1v) is 5.83. The number of hydrogen-bond acceptors (Lipinski definition) is 2. The molecule has 0 aliphatic carbocycles. The third-order valence-corrected chi connectivity index (χ3v) is 2.98. The molecular formula is C10H6Br2F2O3. The Morgan fingerprint density at radius 2 is 2.00 bits per heavy atom. The van der Waals surface area contributed by atoms with Gasteiger partial charge in [0.1, 0.15) is 5.75 Å². The summed E-state index contributed by atoms with van der Waals surface area (Å²) in [4.78, 5) is 10.3. The quantitative estimate of drug-likeness (QED) is 0.816. The van der Waals surface area contributed by atoms with Crippen LogP contribution in [0.3, 0.4) is 0 Å². The maximum Gasteiger partial charge on any atom is 0.387 e. The van der Waals surface area contributed by atoms with Crippen LogP contribution in [0.2, 0.25) is 0 Å². The second-order valence-corrected chi connectivity index (χ2v) is 4.56. The third-order valence-electron chi connectivity index (χ3n) is 1.67. The maximum atomic E-state index is 12.0. The highest BCUT2D eigenvalue weighted by Gasteiger charge is 2.11. The molecule has 1 aromatic rings. The summed E-state index contributed by atoms with van der Waals surface area (Å²) in [6.45, 7) is -2.92. The van der Waals surface area contributed by atoms with Gasteiger partial charge in [-0.05, 0) is 39.7 Å². The molecule has 7 heteroatoms. The van der Waals surface area contributed by atoms with Crippen LogP contribution in [0.25, 0.3) is 6.08 Å². The zero-order valence-corrected chi connectivity index (χ0v) is 11.3. The first-order chi connectivity index (χ1) is 7.90. The Labute approximate surface area is 112 Å². The van der Waals surface area contributed by atoms with Crippen molar-refractivity contribution < 1.29 is 23.4 Å². The zero-order valence-electron chi connectivity index (χ0n) is 8.16. The van der Waals surface area contributed by atoms with Crippen molar-refractivity contribution in [3.05, 3.63) is 32.7 Å². The molecule has 0 fully saturated rings. The molecular weight excluding hydrogens is 366 g/mol. The van der Waals surface area contributed by atoms with Crippen molar-refractivity contribution in [3.8, 4) is 5.75 Å². The zero-order chi connectivity index (χ0) is 13.0. The lowest BCUT2D eigenvalue weighted by Gasteiger charge is -2.09. The molecule has 0 saturated heterocycles. The summed E-state index contributed by atoms with van der Waals surface area (Å²) < 4.78 is 29.1. The van der Waals surface area contributed by atoms with Gasteiger partial charge in [-0.3, -0.25) is 0 Å². The van der Waals surface area contributed by atoms with Gasteiger partial charge in [0.2, 0.25) is 0 Å². The summed E-state index contributed by atoms with van der Waals surface area (Å²) in [5, 5.41) is 8.47. The molecule has 17 heavy (non-hydrogen) atoms. The molecule has 0 unspecified atom stereocenters. The number of halogens is 4. The standard InChI is InChI=1S/C10H6Br2F2O3/c11-6-4-8(17-10(13)14)7(12)3-5(6)1-2-9(15)16/h1-4,10H,(H,15,16)/b2-1+.